The zero-order valence-corrected chi connectivity index (χ0v) is 19.3. The summed E-state index contributed by atoms with van der Waals surface area (Å²) in [7, 11) is -1.43. The van der Waals surface area contributed by atoms with Crippen LogP contribution in [0.25, 0.3) is 11.0 Å². The number of nitrogens with one attached hydrogen (secondary N) is 1. The van der Waals surface area contributed by atoms with Crippen LogP contribution < -0.4 is 4.90 Å². The number of aromatic amines is 1. The van der Waals surface area contributed by atoms with E-state index in [1.165, 1.54) is 0 Å². The smallest absolute Gasteiger partial charge is 0.220 e. The van der Waals surface area contributed by atoms with Gasteiger partial charge < -0.3 is 9.88 Å². The van der Waals surface area contributed by atoms with Crippen LogP contribution in [-0.2, 0) is 15.8 Å². The van der Waals surface area contributed by atoms with Crippen LogP contribution >= 0.6 is 22.6 Å². The second-order valence-corrected chi connectivity index (χ2v) is 10.7. The fourth-order valence-electron chi connectivity index (χ4n) is 4.09. The summed E-state index contributed by atoms with van der Waals surface area (Å²) in [6, 6.07) is 9.42. The number of nitrogens with zero attached hydrogens (tertiary/aromatic N) is 4. The number of hydrogen-bond donors (Lipinski definition) is 1. The van der Waals surface area contributed by atoms with Crippen molar-refractivity contribution in [1.82, 2.24) is 19.3 Å². The third kappa shape index (κ3) is 3.99. The molecule has 154 valence electrons. The molecule has 1 N–H and O–H groups in total. The first-order valence-corrected chi connectivity index (χ1v) is 12.4. The first-order chi connectivity index (χ1) is 13.9. The quantitative estimate of drug-likeness (QED) is 0.314. The van der Waals surface area contributed by atoms with Crippen LogP contribution in [0.1, 0.15) is 19.0 Å². The van der Waals surface area contributed by atoms with Crippen LogP contribution in [0.2, 0.25) is 0 Å². The molecule has 0 amide bonds. The van der Waals surface area contributed by atoms with Gasteiger partial charge in [0.1, 0.15) is 11.4 Å². The van der Waals surface area contributed by atoms with Gasteiger partial charge in [0.25, 0.3) is 0 Å². The maximum absolute atomic E-state index is 13.2. The summed E-state index contributed by atoms with van der Waals surface area (Å²) in [4.78, 5) is 13.9. The molecular formula is C20H24IN5O2S. The normalized spacial score (nSPS) is 23.3. The molecule has 29 heavy (non-hydrogen) atoms. The number of anilines is 1. The van der Waals surface area contributed by atoms with Crippen molar-refractivity contribution in [3.63, 3.8) is 0 Å². The first kappa shape index (κ1) is 20.5. The van der Waals surface area contributed by atoms with E-state index < -0.39 is 10.0 Å². The SMILES string of the molecule is C[C@@H]1CCN(S(=O)(=O)Cc2ccccn2)C(I)[C@@H]1N(C)c1ccnc2[nH]ccc12. The van der Waals surface area contributed by atoms with Crippen LogP contribution in [0.4, 0.5) is 5.69 Å². The van der Waals surface area contributed by atoms with Crippen molar-refractivity contribution < 1.29 is 8.42 Å². The minimum Gasteiger partial charge on any atom is -0.368 e. The Labute approximate surface area is 184 Å². The molecule has 1 fully saturated rings. The molecule has 3 aromatic heterocycles. The third-order valence-electron chi connectivity index (χ3n) is 5.62. The lowest BCUT2D eigenvalue weighted by molar-refractivity contribution is 0.236. The van der Waals surface area contributed by atoms with Crippen LogP contribution in [0, 0.1) is 5.92 Å². The first-order valence-electron chi connectivity index (χ1n) is 9.57. The Morgan fingerprint density at radius 3 is 2.83 bits per heavy atom. The van der Waals surface area contributed by atoms with Gasteiger partial charge in [0.15, 0.2) is 0 Å². The summed E-state index contributed by atoms with van der Waals surface area (Å²) in [6.07, 6.45) is 6.12. The molecule has 4 heterocycles. The summed E-state index contributed by atoms with van der Waals surface area (Å²) in [6.45, 7) is 2.73. The van der Waals surface area contributed by atoms with Crippen LogP contribution in [0.3, 0.4) is 0 Å². The van der Waals surface area contributed by atoms with Crippen molar-refractivity contribution in [2.45, 2.75) is 29.2 Å². The van der Waals surface area contributed by atoms with E-state index in [0.29, 0.717) is 18.2 Å². The number of H-pyrrole nitrogens is 1. The number of sulfonamides is 1. The van der Waals surface area contributed by atoms with Gasteiger partial charge in [0.2, 0.25) is 10.0 Å². The highest BCUT2D eigenvalue weighted by atomic mass is 127. The zero-order valence-electron chi connectivity index (χ0n) is 16.4. The molecule has 7 nitrogen and oxygen atoms in total. The van der Waals surface area contributed by atoms with E-state index >= 15 is 0 Å². The number of likely N-dealkylation sites (N-methyl/N-ethyl adjacent to an activating group) is 1. The maximum atomic E-state index is 13.2. The average molecular weight is 525 g/mol. The van der Waals surface area contributed by atoms with E-state index in [1.807, 2.05) is 31.4 Å². The molecule has 0 aromatic carbocycles. The Hall–Kier alpha value is -1.72. The van der Waals surface area contributed by atoms with Crippen molar-refractivity contribution in [2.75, 3.05) is 18.5 Å². The number of pyridine rings is 2. The zero-order chi connectivity index (χ0) is 20.6. The minimum absolute atomic E-state index is 0.0448. The monoisotopic (exact) mass is 525 g/mol. The molecule has 0 spiro atoms. The Bertz CT molecular complexity index is 1090. The van der Waals surface area contributed by atoms with Gasteiger partial charge >= 0.3 is 0 Å². The lowest BCUT2D eigenvalue weighted by Gasteiger charge is -2.45. The number of halogens is 1. The van der Waals surface area contributed by atoms with Gasteiger partial charge in [-0.25, -0.2) is 13.4 Å². The summed E-state index contributed by atoms with van der Waals surface area (Å²) in [5.41, 5.74) is 2.46. The van der Waals surface area contributed by atoms with E-state index in [0.717, 1.165) is 23.1 Å². The van der Waals surface area contributed by atoms with Gasteiger partial charge in [-0.3, -0.25) is 4.98 Å². The molecule has 4 rings (SSSR count). The fourth-order valence-corrected chi connectivity index (χ4v) is 8.13. The number of aromatic nitrogens is 3. The molecule has 3 aromatic rings. The highest BCUT2D eigenvalue weighted by Gasteiger charge is 2.42. The highest BCUT2D eigenvalue weighted by Crippen LogP contribution is 2.37. The van der Waals surface area contributed by atoms with Gasteiger partial charge in [0.05, 0.1) is 15.8 Å². The summed E-state index contributed by atoms with van der Waals surface area (Å²) >= 11 is 2.29. The van der Waals surface area contributed by atoms with Crippen molar-refractivity contribution in [3.05, 3.63) is 54.6 Å². The second-order valence-electron chi connectivity index (χ2n) is 7.50. The Kier molecular flexibility index (Phi) is 5.80. The number of piperidine rings is 1. The van der Waals surface area contributed by atoms with E-state index in [9.17, 15) is 8.42 Å². The molecule has 1 aliphatic heterocycles. The van der Waals surface area contributed by atoms with Gasteiger partial charge in [-0.2, -0.15) is 4.31 Å². The number of fused-ring (bicyclic) bond motifs is 1. The number of alkyl halides is 1. The van der Waals surface area contributed by atoms with Crippen molar-refractivity contribution >= 4 is 49.3 Å². The molecule has 9 heteroatoms. The predicted octanol–water partition coefficient (Wildman–Crippen LogP) is 3.40. The highest BCUT2D eigenvalue weighted by molar-refractivity contribution is 14.1. The van der Waals surface area contributed by atoms with E-state index in [2.05, 4.69) is 49.4 Å². The topological polar surface area (TPSA) is 82.2 Å². The van der Waals surface area contributed by atoms with E-state index in [1.54, 1.807) is 28.8 Å². The van der Waals surface area contributed by atoms with Crippen molar-refractivity contribution in [3.8, 4) is 0 Å². The largest absolute Gasteiger partial charge is 0.368 e. The van der Waals surface area contributed by atoms with E-state index in [4.69, 9.17) is 0 Å². The molecule has 3 atom stereocenters. The predicted molar refractivity (Wildman–Crippen MR) is 123 cm³/mol. The Balaban J connectivity index is 1.63. The molecule has 0 bridgehead atoms. The third-order valence-corrected chi connectivity index (χ3v) is 9.20. The van der Waals surface area contributed by atoms with Gasteiger partial charge in [-0.15, -0.1) is 0 Å². The van der Waals surface area contributed by atoms with Crippen LogP contribution in [0.5, 0.6) is 0 Å². The van der Waals surface area contributed by atoms with Crippen LogP contribution in [0.15, 0.2) is 48.9 Å². The molecule has 1 aliphatic rings. The molecule has 1 saturated heterocycles. The average Bonchev–Trinajstić information content (AvgIpc) is 3.17. The van der Waals surface area contributed by atoms with Gasteiger partial charge in [-0.05, 0) is 36.6 Å². The summed E-state index contributed by atoms with van der Waals surface area (Å²) in [5.74, 6) is 0.278. The number of rotatable bonds is 5. The van der Waals surface area contributed by atoms with Crippen molar-refractivity contribution in [2.24, 2.45) is 5.92 Å². The fraction of sp³-hybridized carbons (Fsp3) is 0.400. The summed E-state index contributed by atoms with van der Waals surface area (Å²) < 4.78 is 27.9. The Morgan fingerprint density at radius 1 is 1.24 bits per heavy atom. The summed E-state index contributed by atoms with van der Waals surface area (Å²) in [5, 5.41) is 1.04. The molecule has 0 saturated carbocycles. The lowest BCUT2D eigenvalue weighted by Crippen LogP contribution is -2.57. The second kappa shape index (κ2) is 8.19. The standard InChI is InChI=1S/C20H24IN5O2S/c1-14-8-12-26(29(27,28)13-15-5-3-4-9-22-15)19(21)18(14)25(2)17-7-11-24-20-16(17)6-10-23-20/h3-7,9-11,14,18-19H,8,12-13H2,1-2H3,(H,23,24)/t14-,18-,19?/m1/s1. The molecule has 0 aliphatic carbocycles. The molecule has 1 unspecified atom stereocenters. The van der Waals surface area contributed by atoms with Gasteiger partial charge in [0, 0.05) is 43.3 Å². The molecular weight excluding hydrogens is 501 g/mol. The van der Waals surface area contributed by atoms with Gasteiger partial charge in [-0.1, -0.05) is 35.6 Å². The van der Waals surface area contributed by atoms with Crippen molar-refractivity contribution in [1.29, 1.82) is 0 Å². The molecule has 0 radical (unpaired) electrons. The van der Waals surface area contributed by atoms with Crippen LogP contribution in [-0.4, -0.2) is 51.4 Å². The maximum Gasteiger partial charge on any atom is 0.220 e. The Morgan fingerprint density at radius 2 is 2.07 bits per heavy atom. The number of hydrogen-bond acceptors (Lipinski definition) is 5. The minimum atomic E-state index is -3.47. The lowest BCUT2D eigenvalue weighted by atomic mass is 9.93. The van der Waals surface area contributed by atoms with E-state index in [-0.39, 0.29) is 15.8 Å².